The van der Waals surface area contributed by atoms with Gasteiger partial charge in [0.05, 0.1) is 17.8 Å². The summed E-state index contributed by atoms with van der Waals surface area (Å²) in [6, 6.07) is 10.0. The normalized spacial score (nSPS) is 13.0. The third kappa shape index (κ3) is 8.34. The average Bonchev–Trinajstić information content (AvgIpc) is 3.32. The van der Waals surface area contributed by atoms with Crippen molar-refractivity contribution in [3.05, 3.63) is 76.4 Å². The zero-order chi connectivity index (χ0) is 33.6. The number of aromatic nitrogens is 2. The first-order valence-corrected chi connectivity index (χ1v) is 13.6. The number of amides is 3. The Balaban J connectivity index is 1.95. The summed E-state index contributed by atoms with van der Waals surface area (Å²) in [5, 5.41) is 13.2. The SMILES string of the molecule is [2H]C([2H])(C/C=C/C(=O)N(C)C)C(OC(=O)N(C)C)C(=O)Nc1cccn(Cc2cc3cccc(CC(C)C)c3n2C(=O)O)c1=O. The Bertz CT molecular complexity index is 1670. The van der Waals surface area contributed by atoms with Gasteiger partial charge in [0.1, 0.15) is 5.69 Å². The number of benzene rings is 1. The van der Waals surface area contributed by atoms with Crippen LogP contribution in [0.3, 0.4) is 0 Å². The van der Waals surface area contributed by atoms with Gasteiger partial charge in [-0.3, -0.25) is 14.4 Å². The van der Waals surface area contributed by atoms with Crippen molar-refractivity contribution in [2.75, 3.05) is 33.5 Å². The van der Waals surface area contributed by atoms with Gasteiger partial charge >= 0.3 is 12.2 Å². The second-order valence-electron chi connectivity index (χ2n) is 10.8. The largest absolute Gasteiger partial charge is 0.464 e. The van der Waals surface area contributed by atoms with E-state index in [1.807, 2.05) is 26.0 Å². The molecular weight excluding hydrogens is 554 g/mol. The number of anilines is 1. The van der Waals surface area contributed by atoms with Crippen LogP contribution in [0.2, 0.25) is 0 Å². The van der Waals surface area contributed by atoms with E-state index in [-0.39, 0.29) is 18.2 Å². The Morgan fingerprint density at radius 3 is 2.44 bits per heavy atom. The summed E-state index contributed by atoms with van der Waals surface area (Å²) in [5.41, 5.74) is 0.803. The van der Waals surface area contributed by atoms with Gasteiger partial charge in [-0.25, -0.2) is 14.2 Å². The third-order valence-electron chi connectivity index (χ3n) is 6.36. The third-order valence-corrected chi connectivity index (χ3v) is 6.36. The lowest BCUT2D eigenvalue weighted by atomic mass is 10.0. The number of carbonyl (C=O) groups excluding carboxylic acids is 3. The minimum absolute atomic E-state index is 0.144. The van der Waals surface area contributed by atoms with E-state index in [2.05, 4.69) is 5.32 Å². The lowest BCUT2D eigenvalue weighted by molar-refractivity contribution is -0.125. The Hall–Kier alpha value is -4.87. The van der Waals surface area contributed by atoms with Gasteiger partial charge in [0, 0.05) is 42.5 Å². The second kappa shape index (κ2) is 14.3. The van der Waals surface area contributed by atoms with Crippen LogP contribution in [0.25, 0.3) is 10.9 Å². The molecule has 3 amide bonds. The topological polar surface area (TPSA) is 143 Å². The molecule has 0 radical (unpaired) electrons. The van der Waals surface area contributed by atoms with Crippen LogP contribution in [0.5, 0.6) is 0 Å². The van der Waals surface area contributed by atoms with Crippen molar-refractivity contribution in [3.63, 3.8) is 0 Å². The highest BCUT2D eigenvalue weighted by molar-refractivity contribution is 5.95. The van der Waals surface area contributed by atoms with Crippen molar-refractivity contribution in [3.8, 4) is 0 Å². The van der Waals surface area contributed by atoms with Crippen LogP contribution in [0, 0.1) is 5.92 Å². The van der Waals surface area contributed by atoms with Gasteiger partial charge in [0.15, 0.2) is 6.10 Å². The van der Waals surface area contributed by atoms with Crippen molar-refractivity contribution in [2.45, 2.75) is 45.7 Å². The summed E-state index contributed by atoms with van der Waals surface area (Å²) < 4.78 is 24.5. The number of pyridine rings is 1. The van der Waals surface area contributed by atoms with Gasteiger partial charge < -0.3 is 29.5 Å². The van der Waals surface area contributed by atoms with Gasteiger partial charge in [-0.1, -0.05) is 38.1 Å². The first kappa shape index (κ1) is 29.6. The lowest BCUT2D eigenvalue weighted by Crippen LogP contribution is -2.37. The van der Waals surface area contributed by atoms with Crippen LogP contribution >= 0.6 is 0 Å². The molecule has 1 atom stereocenters. The van der Waals surface area contributed by atoms with Crippen LogP contribution in [-0.4, -0.2) is 82.3 Å². The minimum atomic E-state index is -2.47. The molecule has 0 aliphatic heterocycles. The zero-order valence-corrected chi connectivity index (χ0v) is 25.2. The van der Waals surface area contributed by atoms with Crippen molar-refractivity contribution in [1.82, 2.24) is 18.9 Å². The maximum atomic E-state index is 13.5. The molecule has 230 valence electrons. The van der Waals surface area contributed by atoms with E-state index in [1.165, 1.54) is 62.1 Å². The first-order chi connectivity index (χ1) is 21.0. The Morgan fingerprint density at radius 1 is 1.09 bits per heavy atom. The maximum absolute atomic E-state index is 13.5. The molecule has 0 saturated heterocycles. The van der Waals surface area contributed by atoms with Gasteiger partial charge in [-0.05, 0) is 55.0 Å². The predicted octanol–water partition coefficient (Wildman–Crippen LogP) is 4.01. The van der Waals surface area contributed by atoms with E-state index < -0.39 is 48.5 Å². The molecule has 12 nitrogen and oxygen atoms in total. The number of nitrogens with zero attached hydrogens (tertiary/aromatic N) is 4. The molecule has 2 N–H and O–H groups in total. The number of fused-ring (bicyclic) bond motifs is 1. The molecule has 2 aromatic heterocycles. The monoisotopic (exact) mass is 595 g/mol. The molecular formula is C31H39N5O7. The highest BCUT2D eigenvalue weighted by atomic mass is 16.6. The lowest BCUT2D eigenvalue weighted by Gasteiger charge is -2.20. The summed E-state index contributed by atoms with van der Waals surface area (Å²) in [6.45, 7) is 3.93. The molecule has 0 spiro atoms. The van der Waals surface area contributed by atoms with Gasteiger partial charge in [0.2, 0.25) is 5.91 Å². The number of carboxylic acid groups (broad SMARTS) is 1. The second-order valence-corrected chi connectivity index (χ2v) is 10.8. The van der Waals surface area contributed by atoms with Crippen molar-refractivity contribution < 1.29 is 31.8 Å². The number of para-hydroxylation sites is 1. The molecule has 0 fully saturated rings. The highest BCUT2D eigenvalue weighted by Gasteiger charge is 2.25. The number of likely N-dealkylation sites (N-methyl/N-ethyl adjacent to an activating group) is 1. The Labute approximate surface area is 252 Å². The predicted molar refractivity (Wildman–Crippen MR) is 163 cm³/mol. The average molecular weight is 596 g/mol. The number of hydrogen-bond donors (Lipinski definition) is 2. The van der Waals surface area contributed by atoms with Crippen LogP contribution in [0.4, 0.5) is 15.3 Å². The van der Waals surface area contributed by atoms with E-state index in [4.69, 9.17) is 7.48 Å². The minimum Gasteiger partial charge on any atom is -0.464 e. The van der Waals surface area contributed by atoms with E-state index in [0.29, 0.717) is 23.0 Å². The summed E-state index contributed by atoms with van der Waals surface area (Å²) in [7, 11) is 5.77. The molecule has 1 unspecified atom stereocenters. The number of ether oxygens (including phenoxy) is 1. The molecule has 12 heteroatoms. The smallest absolute Gasteiger partial charge is 0.416 e. The number of allylic oxidation sites excluding steroid dienone is 1. The molecule has 3 rings (SSSR count). The summed E-state index contributed by atoms with van der Waals surface area (Å²) in [5.74, 6) is -1.22. The van der Waals surface area contributed by atoms with Crippen LogP contribution in [-0.2, 0) is 27.3 Å². The molecule has 2 heterocycles. The molecule has 3 aromatic rings. The molecule has 0 bridgehead atoms. The fourth-order valence-corrected chi connectivity index (χ4v) is 4.33. The maximum Gasteiger partial charge on any atom is 0.416 e. The van der Waals surface area contributed by atoms with E-state index in [1.54, 1.807) is 12.1 Å². The van der Waals surface area contributed by atoms with E-state index in [0.717, 1.165) is 21.1 Å². The van der Waals surface area contributed by atoms with Gasteiger partial charge in [-0.2, -0.15) is 0 Å². The number of rotatable bonds is 11. The molecule has 43 heavy (non-hydrogen) atoms. The fraction of sp³-hybridized carbons (Fsp3) is 0.387. The van der Waals surface area contributed by atoms with Crippen molar-refractivity contribution in [1.29, 1.82) is 0 Å². The van der Waals surface area contributed by atoms with Crippen LogP contribution < -0.4 is 10.9 Å². The quantitative estimate of drug-likeness (QED) is 0.319. The van der Waals surface area contributed by atoms with Crippen molar-refractivity contribution in [2.24, 2.45) is 5.92 Å². The summed E-state index contributed by atoms with van der Waals surface area (Å²) in [6.07, 6.45) is -2.65. The van der Waals surface area contributed by atoms with Gasteiger partial charge in [-0.15, -0.1) is 0 Å². The Kier molecular flexibility index (Phi) is 9.88. The number of carbonyl (C=O) groups is 4. The Morgan fingerprint density at radius 2 is 1.81 bits per heavy atom. The number of hydrogen-bond acceptors (Lipinski definition) is 6. The molecule has 0 saturated carbocycles. The molecule has 0 aliphatic rings. The van der Waals surface area contributed by atoms with E-state index in [9.17, 15) is 29.1 Å². The van der Waals surface area contributed by atoms with Crippen LogP contribution in [0.15, 0.2) is 59.5 Å². The molecule has 1 aromatic carbocycles. The summed E-state index contributed by atoms with van der Waals surface area (Å²) >= 11 is 0. The molecule has 0 aliphatic carbocycles. The highest BCUT2D eigenvalue weighted by Crippen LogP contribution is 2.26. The van der Waals surface area contributed by atoms with Crippen molar-refractivity contribution >= 4 is 40.6 Å². The standard InChI is InChI=1S/C31H39N5O7/c1-20(2)17-21-11-9-12-22-18-23(36(27(21)22)30(40)41)19-35-16-10-13-24(29(35)39)32-28(38)25(43-31(42)34(5)6)14-7-8-15-26(37)33(3)4/h8-13,15-16,18,20,25H,7,14,17,19H2,1-6H3,(H,32,38)(H,40,41)/b15-8+/i14D2. The van der Waals surface area contributed by atoms with Gasteiger partial charge in [0.25, 0.3) is 11.5 Å². The van der Waals surface area contributed by atoms with Crippen LogP contribution in [0.1, 0.15) is 40.6 Å². The fourth-order valence-electron chi connectivity index (χ4n) is 4.33. The summed E-state index contributed by atoms with van der Waals surface area (Å²) in [4.78, 5) is 65.7. The van der Waals surface area contributed by atoms with E-state index >= 15 is 0 Å². The first-order valence-electron chi connectivity index (χ1n) is 14.6. The number of nitrogens with one attached hydrogen (secondary N) is 1. The zero-order valence-electron chi connectivity index (χ0n) is 27.2.